The van der Waals surface area contributed by atoms with Crippen molar-refractivity contribution < 1.29 is 9.13 Å². The van der Waals surface area contributed by atoms with E-state index in [9.17, 15) is 4.39 Å². The summed E-state index contributed by atoms with van der Waals surface area (Å²) in [5.74, 6) is 0.338. The number of aromatic nitrogens is 1. The van der Waals surface area contributed by atoms with E-state index in [1.54, 1.807) is 6.20 Å². The van der Waals surface area contributed by atoms with E-state index in [2.05, 4.69) is 4.98 Å². The molecule has 0 amide bonds. The van der Waals surface area contributed by atoms with E-state index in [1.165, 1.54) is 6.07 Å². The first-order chi connectivity index (χ1) is 8.16. The lowest BCUT2D eigenvalue weighted by Crippen LogP contribution is -2.00. The van der Waals surface area contributed by atoms with Crippen molar-refractivity contribution in [3.8, 4) is 5.75 Å². The van der Waals surface area contributed by atoms with E-state index in [0.29, 0.717) is 17.0 Å². The molecule has 2 rings (SSSR count). The monoisotopic (exact) mass is 232 g/mol. The highest BCUT2D eigenvalue weighted by Crippen LogP contribution is 2.23. The molecule has 0 bridgehead atoms. The van der Waals surface area contributed by atoms with Gasteiger partial charge in [0.15, 0.2) is 0 Å². The van der Waals surface area contributed by atoms with Crippen molar-refractivity contribution in [2.24, 2.45) is 0 Å². The molecule has 0 fully saturated rings. The quantitative estimate of drug-likeness (QED) is 0.828. The molecule has 0 aliphatic carbocycles. The summed E-state index contributed by atoms with van der Waals surface area (Å²) in [6.07, 6.45) is 2.74. The predicted molar refractivity (Wildman–Crippen MR) is 64.1 cm³/mol. The fourth-order valence-electron chi connectivity index (χ4n) is 1.48. The highest BCUT2D eigenvalue weighted by molar-refractivity contribution is 5.53. The first kappa shape index (κ1) is 11.4. The Morgan fingerprint density at radius 3 is 2.94 bits per heavy atom. The molecule has 2 aromatic rings. The molecule has 1 aromatic heterocycles. The Morgan fingerprint density at radius 2 is 2.18 bits per heavy atom. The van der Waals surface area contributed by atoms with E-state index >= 15 is 0 Å². The maximum Gasteiger partial charge on any atom is 0.141 e. The van der Waals surface area contributed by atoms with Gasteiger partial charge in [-0.3, -0.25) is 4.98 Å². The summed E-state index contributed by atoms with van der Waals surface area (Å²) in [7, 11) is 0. The van der Waals surface area contributed by atoms with Crippen LogP contribution in [-0.2, 0) is 6.61 Å². The molecule has 0 aliphatic rings. The summed E-state index contributed by atoms with van der Waals surface area (Å²) in [5.41, 5.74) is 8.01. The smallest absolute Gasteiger partial charge is 0.141 e. The Hall–Kier alpha value is -2.10. The highest BCUT2D eigenvalue weighted by atomic mass is 19.1. The van der Waals surface area contributed by atoms with Crippen LogP contribution < -0.4 is 10.5 Å². The van der Waals surface area contributed by atoms with Gasteiger partial charge in [-0.25, -0.2) is 4.39 Å². The van der Waals surface area contributed by atoms with Crippen molar-refractivity contribution in [3.63, 3.8) is 0 Å². The molecule has 0 atom stereocenters. The molecule has 88 valence electrons. The molecule has 1 heterocycles. The molecule has 0 saturated heterocycles. The van der Waals surface area contributed by atoms with E-state index in [4.69, 9.17) is 10.5 Å². The Morgan fingerprint density at radius 1 is 1.35 bits per heavy atom. The number of anilines is 1. The van der Waals surface area contributed by atoms with Crippen molar-refractivity contribution >= 4 is 5.69 Å². The number of pyridine rings is 1. The minimum atomic E-state index is -0.365. The Bertz CT molecular complexity index is 529. The first-order valence-electron chi connectivity index (χ1n) is 5.24. The summed E-state index contributed by atoms with van der Waals surface area (Å²) in [4.78, 5) is 3.76. The van der Waals surface area contributed by atoms with Crippen LogP contribution in [-0.4, -0.2) is 4.98 Å². The minimum Gasteiger partial charge on any atom is -0.488 e. The van der Waals surface area contributed by atoms with Gasteiger partial charge < -0.3 is 10.5 Å². The minimum absolute atomic E-state index is 0.273. The molecule has 0 aliphatic heterocycles. The number of halogens is 1. The van der Waals surface area contributed by atoms with Gasteiger partial charge in [0.05, 0.1) is 6.20 Å². The van der Waals surface area contributed by atoms with Crippen LogP contribution in [0.1, 0.15) is 11.1 Å². The Balaban J connectivity index is 2.10. The second-order valence-electron chi connectivity index (χ2n) is 3.77. The van der Waals surface area contributed by atoms with Gasteiger partial charge in [0.2, 0.25) is 0 Å². The van der Waals surface area contributed by atoms with Crippen molar-refractivity contribution in [1.29, 1.82) is 0 Å². The Kier molecular flexibility index (Phi) is 3.23. The topological polar surface area (TPSA) is 48.1 Å². The van der Waals surface area contributed by atoms with Gasteiger partial charge in [0.1, 0.15) is 18.2 Å². The lowest BCUT2D eigenvalue weighted by Gasteiger charge is -2.10. The van der Waals surface area contributed by atoms with Crippen LogP contribution in [0.25, 0.3) is 0 Å². The van der Waals surface area contributed by atoms with E-state index in [1.807, 2.05) is 25.1 Å². The van der Waals surface area contributed by atoms with E-state index < -0.39 is 0 Å². The molecule has 0 unspecified atom stereocenters. The lowest BCUT2D eigenvalue weighted by molar-refractivity contribution is 0.303. The van der Waals surface area contributed by atoms with Crippen LogP contribution in [0.3, 0.4) is 0 Å². The van der Waals surface area contributed by atoms with Gasteiger partial charge in [-0.05, 0) is 25.1 Å². The van der Waals surface area contributed by atoms with Crippen molar-refractivity contribution in [2.75, 3.05) is 5.73 Å². The number of nitrogens with two attached hydrogens (primary N) is 1. The van der Waals surface area contributed by atoms with Gasteiger partial charge in [-0.15, -0.1) is 0 Å². The third-order valence-electron chi connectivity index (χ3n) is 2.48. The summed E-state index contributed by atoms with van der Waals surface area (Å²) >= 11 is 0. The zero-order valence-corrected chi connectivity index (χ0v) is 9.48. The average Bonchev–Trinajstić information content (AvgIpc) is 2.31. The fraction of sp³-hybridized carbons (Fsp3) is 0.154. The second-order valence-corrected chi connectivity index (χ2v) is 3.77. The molecule has 0 radical (unpaired) electrons. The number of ether oxygens (including phenoxy) is 1. The van der Waals surface area contributed by atoms with Crippen molar-refractivity contribution in [1.82, 2.24) is 4.98 Å². The molecule has 3 nitrogen and oxygen atoms in total. The molecule has 0 spiro atoms. The normalized spacial score (nSPS) is 10.2. The number of hydrogen-bond acceptors (Lipinski definition) is 3. The summed E-state index contributed by atoms with van der Waals surface area (Å²) in [6.45, 7) is 2.16. The second kappa shape index (κ2) is 4.82. The van der Waals surface area contributed by atoms with Crippen LogP contribution in [0.4, 0.5) is 10.1 Å². The van der Waals surface area contributed by atoms with Gasteiger partial charge in [-0.2, -0.15) is 0 Å². The molecule has 0 saturated carbocycles. The third-order valence-corrected chi connectivity index (χ3v) is 2.48. The van der Waals surface area contributed by atoms with Gasteiger partial charge in [-0.1, -0.05) is 6.07 Å². The molecule has 1 aromatic carbocycles. The maximum absolute atomic E-state index is 12.9. The van der Waals surface area contributed by atoms with E-state index in [0.717, 1.165) is 11.8 Å². The molecular weight excluding hydrogens is 219 g/mol. The highest BCUT2D eigenvalue weighted by Gasteiger charge is 2.03. The van der Waals surface area contributed by atoms with Gasteiger partial charge in [0.25, 0.3) is 0 Å². The fourth-order valence-corrected chi connectivity index (χ4v) is 1.48. The molecule has 2 N–H and O–H groups in total. The van der Waals surface area contributed by atoms with E-state index in [-0.39, 0.29) is 12.4 Å². The van der Waals surface area contributed by atoms with Crippen molar-refractivity contribution in [3.05, 3.63) is 53.6 Å². The average molecular weight is 232 g/mol. The standard InChI is InChI=1S/C13H13FN2O/c1-9-12(15)3-2-4-13(9)17-8-10-5-11(14)7-16-6-10/h2-7H,8,15H2,1H3. The third kappa shape index (κ3) is 2.72. The number of nitrogen functional groups attached to an aromatic ring is 1. The number of rotatable bonds is 3. The van der Waals surface area contributed by atoms with Crippen LogP contribution in [0.2, 0.25) is 0 Å². The zero-order chi connectivity index (χ0) is 12.3. The molecule has 17 heavy (non-hydrogen) atoms. The van der Waals surface area contributed by atoms with Gasteiger partial charge in [0, 0.05) is 23.0 Å². The predicted octanol–water partition coefficient (Wildman–Crippen LogP) is 2.69. The lowest BCUT2D eigenvalue weighted by atomic mass is 10.2. The largest absolute Gasteiger partial charge is 0.488 e. The van der Waals surface area contributed by atoms with Crippen LogP contribution in [0.5, 0.6) is 5.75 Å². The van der Waals surface area contributed by atoms with Crippen LogP contribution >= 0.6 is 0 Å². The van der Waals surface area contributed by atoms with Crippen LogP contribution in [0.15, 0.2) is 36.7 Å². The molecule has 4 heteroatoms. The maximum atomic E-state index is 12.9. The zero-order valence-electron chi connectivity index (χ0n) is 9.48. The Labute approximate surface area is 99.1 Å². The number of hydrogen-bond donors (Lipinski definition) is 1. The summed E-state index contributed by atoms with van der Waals surface area (Å²) < 4.78 is 18.5. The molecular formula is C13H13FN2O. The first-order valence-corrected chi connectivity index (χ1v) is 5.24. The number of benzene rings is 1. The summed E-state index contributed by atoms with van der Waals surface area (Å²) in [5, 5.41) is 0. The number of nitrogens with zero attached hydrogens (tertiary/aromatic N) is 1. The van der Waals surface area contributed by atoms with Crippen LogP contribution in [0, 0.1) is 12.7 Å². The van der Waals surface area contributed by atoms with Crippen molar-refractivity contribution in [2.45, 2.75) is 13.5 Å². The summed E-state index contributed by atoms with van der Waals surface area (Å²) in [6, 6.07) is 6.86. The SMILES string of the molecule is Cc1c(N)cccc1OCc1cncc(F)c1. The van der Waals surface area contributed by atoms with Gasteiger partial charge >= 0.3 is 0 Å².